The van der Waals surface area contributed by atoms with E-state index in [-0.39, 0.29) is 12.5 Å². The van der Waals surface area contributed by atoms with Crippen molar-refractivity contribution >= 4 is 12.1 Å². The van der Waals surface area contributed by atoms with Crippen molar-refractivity contribution in [3.05, 3.63) is 59.7 Å². The normalized spacial score (nSPS) is 14.8. The third-order valence-electron chi connectivity index (χ3n) is 4.94. The van der Waals surface area contributed by atoms with Gasteiger partial charge in [-0.15, -0.1) is 0 Å². The first kappa shape index (κ1) is 18.0. The molecule has 1 atom stereocenters. The maximum Gasteiger partial charge on any atom is 0.408 e. The van der Waals surface area contributed by atoms with Gasteiger partial charge in [0, 0.05) is 5.92 Å². The Labute approximate surface area is 153 Å². The van der Waals surface area contributed by atoms with Gasteiger partial charge in [-0.05, 0) is 35.6 Å². The van der Waals surface area contributed by atoms with Gasteiger partial charge in [0.2, 0.25) is 0 Å². The Morgan fingerprint density at radius 2 is 1.62 bits per heavy atom. The zero-order chi connectivity index (χ0) is 18.7. The predicted molar refractivity (Wildman–Crippen MR) is 99.2 cm³/mol. The monoisotopic (exact) mass is 353 g/mol. The number of ether oxygens (including phenoxy) is 1. The zero-order valence-corrected chi connectivity index (χ0v) is 15.0. The molecule has 0 aliphatic heterocycles. The summed E-state index contributed by atoms with van der Waals surface area (Å²) in [6, 6.07) is 16.2. The van der Waals surface area contributed by atoms with Crippen molar-refractivity contribution in [1.29, 1.82) is 0 Å². The number of hydrogen-bond acceptors (Lipinski definition) is 3. The molecule has 0 heterocycles. The van der Waals surface area contributed by atoms with E-state index in [2.05, 4.69) is 17.4 Å². The molecule has 2 N–H and O–H groups in total. The van der Waals surface area contributed by atoms with Crippen LogP contribution in [0.1, 0.15) is 43.7 Å². The Bertz CT molecular complexity index is 787. The number of carbonyl (C=O) groups is 2. The molecule has 3 rings (SSSR count). The number of fused-ring (bicyclic) bond motifs is 3. The van der Waals surface area contributed by atoms with Gasteiger partial charge >= 0.3 is 12.1 Å². The van der Waals surface area contributed by atoms with Crippen molar-refractivity contribution in [2.24, 2.45) is 0 Å². The molecule has 136 valence electrons. The molecule has 0 saturated heterocycles. The van der Waals surface area contributed by atoms with Gasteiger partial charge in [0.05, 0.1) is 0 Å². The first-order chi connectivity index (χ1) is 12.5. The van der Waals surface area contributed by atoms with Crippen molar-refractivity contribution in [3.8, 4) is 11.1 Å². The number of amides is 1. The molecule has 2 aromatic rings. The van der Waals surface area contributed by atoms with Gasteiger partial charge in [-0.3, -0.25) is 0 Å². The number of rotatable bonds is 6. The molecule has 5 heteroatoms. The van der Waals surface area contributed by atoms with E-state index < -0.39 is 17.6 Å². The molecule has 0 bridgehead atoms. The van der Waals surface area contributed by atoms with E-state index in [0.717, 1.165) is 22.3 Å². The highest BCUT2D eigenvalue weighted by Gasteiger charge is 2.35. The minimum absolute atomic E-state index is 0.0459. The van der Waals surface area contributed by atoms with Gasteiger partial charge in [-0.1, -0.05) is 61.9 Å². The van der Waals surface area contributed by atoms with Crippen molar-refractivity contribution in [1.82, 2.24) is 5.32 Å². The van der Waals surface area contributed by atoms with E-state index in [1.54, 1.807) is 0 Å². The largest absolute Gasteiger partial charge is 0.480 e. The van der Waals surface area contributed by atoms with Crippen LogP contribution < -0.4 is 5.32 Å². The number of nitrogens with one attached hydrogen (secondary N) is 1. The van der Waals surface area contributed by atoms with Crippen LogP contribution in [0.25, 0.3) is 11.1 Å². The highest BCUT2D eigenvalue weighted by molar-refractivity contribution is 5.84. The molecule has 1 amide bonds. The van der Waals surface area contributed by atoms with Gasteiger partial charge < -0.3 is 15.2 Å². The average molecular weight is 353 g/mol. The minimum Gasteiger partial charge on any atom is -0.480 e. The molecule has 0 aromatic heterocycles. The number of aliphatic carboxylic acids is 1. The maximum atomic E-state index is 12.2. The van der Waals surface area contributed by atoms with E-state index in [0.29, 0.717) is 12.8 Å². The Kier molecular flexibility index (Phi) is 4.98. The number of hydrogen-bond donors (Lipinski definition) is 2. The summed E-state index contributed by atoms with van der Waals surface area (Å²) in [5, 5.41) is 11.9. The summed E-state index contributed by atoms with van der Waals surface area (Å²) in [7, 11) is 0. The molecule has 0 radical (unpaired) electrons. The Balaban J connectivity index is 1.74. The summed E-state index contributed by atoms with van der Waals surface area (Å²) in [5.41, 5.74) is 3.22. The minimum atomic E-state index is -1.32. The second-order valence-corrected chi connectivity index (χ2v) is 6.84. The van der Waals surface area contributed by atoms with Crippen LogP contribution in [0.15, 0.2) is 48.5 Å². The van der Waals surface area contributed by atoms with E-state index in [1.807, 2.05) is 43.3 Å². The van der Waals surface area contributed by atoms with Crippen LogP contribution in [-0.2, 0) is 9.53 Å². The Morgan fingerprint density at radius 1 is 1.08 bits per heavy atom. The molecule has 0 unspecified atom stereocenters. The molecular weight excluding hydrogens is 330 g/mol. The summed E-state index contributed by atoms with van der Waals surface area (Å²) < 4.78 is 5.42. The molecule has 1 aliphatic carbocycles. The summed E-state index contributed by atoms with van der Waals surface area (Å²) in [5.74, 6) is -1.11. The zero-order valence-electron chi connectivity index (χ0n) is 15.0. The van der Waals surface area contributed by atoms with Crippen molar-refractivity contribution in [2.75, 3.05) is 6.61 Å². The van der Waals surface area contributed by atoms with E-state index in [4.69, 9.17) is 4.74 Å². The number of carboxylic acid groups (broad SMARTS) is 1. The first-order valence-corrected chi connectivity index (χ1v) is 8.83. The fourth-order valence-corrected chi connectivity index (χ4v) is 3.58. The van der Waals surface area contributed by atoms with Gasteiger partial charge in [0.1, 0.15) is 12.1 Å². The van der Waals surface area contributed by atoms with Crippen LogP contribution >= 0.6 is 0 Å². The van der Waals surface area contributed by atoms with Crippen LogP contribution in [0.2, 0.25) is 0 Å². The average Bonchev–Trinajstić information content (AvgIpc) is 2.94. The molecular formula is C21H23NO4. The van der Waals surface area contributed by atoms with Crippen LogP contribution in [0.5, 0.6) is 0 Å². The van der Waals surface area contributed by atoms with Crippen molar-refractivity contribution < 1.29 is 19.4 Å². The SMILES string of the molecule is CCC[C@@](C)(NC(=O)OCC1c2ccccc2-c2ccccc21)C(=O)O. The quantitative estimate of drug-likeness (QED) is 0.817. The van der Waals surface area contributed by atoms with Crippen LogP contribution in [-0.4, -0.2) is 29.3 Å². The smallest absolute Gasteiger partial charge is 0.408 e. The van der Waals surface area contributed by atoms with E-state index >= 15 is 0 Å². The van der Waals surface area contributed by atoms with Crippen LogP contribution in [0, 0.1) is 0 Å². The third kappa shape index (κ3) is 3.29. The highest BCUT2D eigenvalue weighted by Crippen LogP contribution is 2.44. The molecule has 26 heavy (non-hydrogen) atoms. The Hall–Kier alpha value is -2.82. The van der Waals surface area contributed by atoms with Crippen molar-refractivity contribution in [3.63, 3.8) is 0 Å². The lowest BCUT2D eigenvalue weighted by molar-refractivity contribution is -0.144. The second kappa shape index (κ2) is 7.20. The number of carboxylic acids is 1. The number of benzene rings is 2. The second-order valence-electron chi connectivity index (χ2n) is 6.84. The van der Waals surface area contributed by atoms with Gasteiger partial charge in [0.25, 0.3) is 0 Å². The van der Waals surface area contributed by atoms with E-state index in [1.165, 1.54) is 6.92 Å². The molecule has 0 spiro atoms. The molecule has 2 aromatic carbocycles. The number of alkyl carbamates (subject to hydrolysis) is 1. The van der Waals surface area contributed by atoms with Crippen LogP contribution in [0.4, 0.5) is 4.79 Å². The topological polar surface area (TPSA) is 75.6 Å². The summed E-state index contributed by atoms with van der Waals surface area (Å²) in [4.78, 5) is 23.7. The third-order valence-corrected chi connectivity index (χ3v) is 4.94. The van der Waals surface area contributed by atoms with Gasteiger partial charge in [-0.2, -0.15) is 0 Å². The standard InChI is InChI=1S/C21H23NO4/c1-3-12-21(2,19(23)24)22-20(25)26-13-18-16-10-6-4-8-14(16)15-9-5-7-11-17(15)18/h4-11,18H,3,12-13H2,1-2H3,(H,22,25)(H,23,24)/t21-/m1/s1. The lowest BCUT2D eigenvalue weighted by atomic mass is 9.96. The van der Waals surface area contributed by atoms with E-state index in [9.17, 15) is 14.7 Å². The Morgan fingerprint density at radius 3 is 2.12 bits per heavy atom. The fraction of sp³-hybridized carbons (Fsp3) is 0.333. The fourth-order valence-electron chi connectivity index (χ4n) is 3.58. The lowest BCUT2D eigenvalue weighted by Crippen LogP contribution is -2.52. The molecule has 5 nitrogen and oxygen atoms in total. The molecule has 0 saturated carbocycles. The van der Waals surface area contributed by atoms with Gasteiger partial charge in [0.15, 0.2) is 0 Å². The maximum absolute atomic E-state index is 12.2. The first-order valence-electron chi connectivity index (χ1n) is 8.83. The molecule has 0 fully saturated rings. The predicted octanol–water partition coefficient (Wildman–Crippen LogP) is 4.17. The summed E-state index contributed by atoms with van der Waals surface area (Å²) in [6.45, 7) is 3.54. The molecule has 1 aliphatic rings. The number of carbonyl (C=O) groups excluding carboxylic acids is 1. The summed E-state index contributed by atoms with van der Waals surface area (Å²) >= 11 is 0. The lowest BCUT2D eigenvalue weighted by Gasteiger charge is -2.25. The van der Waals surface area contributed by atoms with Gasteiger partial charge in [-0.25, -0.2) is 9.59 Å². The highest BCUT2D eigenvalue weighted by atomic mass is 16.5. The summed E-state index contributed by atoms with van der Waals surface area (Å²) in [6.07, 6.45) is 0.282. The van der Waals surface area contributed by atoms with Crippen LogP contribution in [0.3, 0.4) is 0 Å². The van der Waals surface area contributed by atoms with Crippen molar-refractivity contribution in [2.45, 2.75) is 38.1 Å².